The molecule has 0 aromatic carbocycles. The minimum Gasteiger partial charge on any atom is -0.462 e. The largest absolute Gasteiger partial charge is 0.462 e. The SMILES string of the molecule is C=C(C)C(=O)OCCCCC[SiH](CC)COC. The van der Waals surface area contributed by atoms with Crippen molar-refractivity contribution in [3.8, 4) is 0 Å². The Bertz CT molecular complexity index is 229. The van der Waals surface area contributed by atoms with Crippen LogP contribution in [0.4, 0.5) is 0 Å². The number of hydrogen-bond acceptors (Lipinski definition) is 3. The van der Waals surface area contributed by atoms with Crippen molar-refractivity contribution in [2.24, 2.45) is 0 Å². The molecule has 0 amide bonds. The number of carbonyl (C=O) groups is 1. The van der Waals surface area contributed by atoms with Crippen LogP contribution in [0.5, 0.6) is 0 Å². The maximum absolute atomic E-state index is 11.1. The summed E-state index contributed by atoms with van der Waals surface area (Å²) in [5.41, 5.74) is 0.476. The van der Waals surface area contributed by atoms with E-state index in [0.717, 1.165) is 19.1 Å². The Morgan fingerprint density at radius 2 is 2.00 bits per heavy atom. The molecule has 0 radical (unpaired) electrons. The van der Waals surface area contributed by atoms with Crippen LogP contribution in [0, 0.1) is 0 Å². The first-order valence-electron chi connectivity index (χ1n) is 6.43. The molecule has 17 heavy (non-hydrogen) atoms. The first-order chi connectivity index (χ1) is 8.11. The number of rotatable bonds is 10. The predicted molar refractivity (Wildman–Crippen MR) is 73.9 cm³/mol. The number of unbranched alkanes of at least 4 members (excludes halogenated alkanes) is 2. The van der Waals surface area contributed by atoms with Gasteiger partial charge in [-0.25, -0.2) is 4.79 Å². The fourth-order valence-electron chi connectivity index (χ4n) is 1.64. The third kappa shape index (κ3) is 9.12. The van der Waals surface area contributed by atoms with E-state index in [-0.39, 0.29) is 5.97 Å². The Kier molecular flexibility index (Phi) is 10.2. The van der Waals surface area contributed by atoms with Gasteiger partial charge in [-0.15, -0.1) is 0 Å². The van der Waals surface area contributed by atoms with Crippen molar-refractivity contribution in [2.75, 3.05) is 19.9 Å². The molecule has 0 bridgehead atoms. The summed E-state index contributed by atoms with van der Waals surface area (Å²) in [4.78, 5) is 11.1. The molecule has 0 saturated heterocycles. The molecule has 0 aromatic rings. The second-order valence-corrected chi connectivity index (χ2v) is 7.95. The predicted octanol–water partition coefficient (Wildman–Crippen LogP) is 2.71. The molecule has 0 aliphatic carbocycles. The number of methoxy groups -OCH3 is 1. The van der Waals surface area contributed by atoms with Gasteiger partial charge in [0.15, 0.2) is 0 Å². The van der Waals surface area contributed by atoms with E-state index in [4.69, 9.17) is 9.47 Å². The Morgan fingerprint density at radius 3 is 2.53 bits per heavy atom. The number of hydrogen-bond donors (Lipinski definition) is 0. The lowest BCUT2D eigenvalue weighted by Gasteiger charge is -2.11. The summed E-state index contributed by atoms with van der Waals surface area (Å²) in [6.45, 7) is 7.99. The molecular formula is C13H26O3Si. The standard InChI is InChI=1S/C13H26O3Si/c1-5-17(11-15-4)10-8-6-7-9-16-13(14)12(2)3/h17H,2,5-11H2,1,3-4H3. The van der Waals surface area contributed by atoms with Crippen LogP contribution in [0.15, 0.2) is 12.2 Å². The van der Waals surface area contributed by atoms with Crippen LogP contribution in [-0.4, -0.2) is 34.7 Å². The molecular weight excluding hydrogens is 232 g/mol. The van der Waals surface area contributed by atoms with Crippen molar-refractivity contribution in [1.82, 2.24) is 0 Å². The summed E-state index contributed by atoms with van der Waals surface area (Å²) in [5.74, 6) is -0.273. The number of carbonyl (C=O) groups excluding carboxylic acids is 1. The van der Waals surface area contributed by atoms with Crippen molar-refractivity contribution in [3.63, 3.8) is 0 Å². The summed E-state index contributed by atoms with van der Waals surface area (Å²) in [6.07, 6.45) is 4.31. The van der Waals surface area contributed by atoms with Crippen LogP contribution in [0.25, 0.3) is 0 Å². The van der Waals surface area contributed by atoms with Gasteiger partial charge in [0.2, 0.25) is 0 Å². The molecule has 100 valence electrons. The third-order valence-corrected chi connectivity index (χ3v) is 6.00. The Hall–Kier alpha value is -0.613. The zero-order valence-electron chi connectivity index (χ0n) is 11.5. The van der Waals surface area contributed by atoms with Gasteiger partial charge < -0.3 is 9.47 Å². The number of esters is 1. The lowest BCUT2D eigenvalue weighted by Crippen LogP contribution is -2.18. The highest BCUT2D eigenvalue weighted by Crippen LogP contribution is 2.08. The van der Waals surface area contributed by atoms with Gasteiger partial charge in [0, 0.05) is 18.9 Å². The van der Waals surface area contributed by atoms with E-state index in [2.05, 4.69) is 13.5 Å². The number of ether oxygens (including phenoxy) is 2. The van der Waals surface area contributed by atoms with Crippen LogP contribution >= 0.6 is 0 Å². The van der Waals surface area contributed by atoms with E-state index in [1.165, 1.54) is 18.5 Å². The molecule has 0 rings (SSSR count). The molecule has 0 aliphatic heterocycles. The van der Waals surface area contributed by atoms with E-state index in [1.807, 2.05) is 0 Å². The molecule has 0 N–H and O–H groups in total. The van der Waals surface area contributed by atoms with E-state index in [0.29, 0.717) is 12.2 Å². The highest BCUT2D eigenvalue weighted by atomic mass is 28.3. The van der Waals surface area contributed by atoms with E-state index < -0.39 is 8.80 Å². The van der Waals surface area contributed by atoms with E-state index in [1.54, 1.807) is 14.0 Å². The maximum Gasteiger partial charge on any atom is 0.333 e. The first kappa shape index (κ1) is 16.4. The van der Waals surface area contributed by atoms with Crippen molar-refractivity contribution >= 4 is 14.8 Å². The second kappa shape index (κ2) is 10.5. The van der Waals surface area contributed by atoms with Crippen LogP contribution in [0.3, 0.4) is 0 Å². The van der Waals surface area contributed by atoms with Crippen LogP contribution in [0.1, 0.15) is 33.1 Å². The Balaban J connectivity index is 3.39. The average Bonchev–Trinajstić information content (AvgIpc) is 2.31. The summed E-state index contributed by atoms with van der Waals surface area (Å²) in [6, 6.07) is 2.64. The second-order valence-electron chi connectivity index (χ2n) is 4.50. The van der Waals surface area contributed by atoms with Gasteiger partial charge in [0.05, 0.1) is 15.4 Å². The maximum atomic E-state index is 11.1. The summed E-state index contributed by atoms with van der Waals surface area (Å²) in [5, 5.41) is 0. The van der Waals surface area contributed by atoms with Gasteiger partial charge in [0.1, 0.15) is 0 Å². The lowest BCUT2D eigenvalue weighted by molar-refractivity contribution is -0.139. The van der Waals surface area contributed by atoms with Crippen LogP contribution in [-0.2, 0) is 14.3 Å². The van der Waals surface area contributed by atoms with Gasteiger partial charge in [-0.2, -0.15) is 0 Å². The van der Waals surface area contributed by atoms with Crippen molar-refractivity contribution in [1.29, 1.82) is 0 Å². The minimum absolute atomic E-state index is 0.273. The molecule has 0 heterocycles. The summed E-state index contributed by atoms with van der Waals surface area (Å²) < 4.78 is 10.2. The molecule has 0 saturated carbocycles. The molecule has 4 heteroatoms. The third-order valence-electron chi connectivity index (χ3n) is 2.82. The molecule has 0 spiro atoms. The fraction of sp³-hybridized carbons (Fsp3) is 0.769. The first-order valence-corrected chi connectivity index (χ1v) is 8.88. The van der Waals surface area contributed by atoms with Gasteiger partial charge in [-0.1, -0.05) is 38.4 Å². The molecule has 1 unspecified atom stereocenters. The summed E-state index contributed by atoms with van der Waals surface area (Å²) in [7, 11) is 1.14. The van der Waals surface area contributed by atoms with Crippen LogP contribution in [0.2, 0.25) is 12.1 Å². The van der Waals surface area contributed by atoms with E-state index >= 15 is 0 Å². The Labute approximate surface area is 107 Å². The molecule has 0 aromatic heterocycles. The zero-order chi connectivity index (χ0) is 13.1. The smallest absolute Gasteiger partial charge is 0.333 e. The van der Waals surface area contributed by atoms with Gasteiger partial charge in [0.25, 0.3) is 0 Å². The topological polar surface area (TPSA) is 35.5 Å². The highest BCUT2D eigenvalue weighted by Gasteiger charge is 2.07. The van der Waals surface area contributed by atoms with Crippen molar-refractivity contribution in [2.45, 2.75) is 45.2 Å². The van der Waals surface area contributed by atoms with Crippen LogP contribution < -0.4 is 0 Å². The molecule has 0 fully saturated rings. The monoisotopic (exact) mass is 258 g/mol. The minimum atomic E-state index is -0.645. The quantitative estimate of drug-likeness (QED) is 0.261. The summed E-state index contributed by atoms with van der Waals surface area (Å²) >= 11 is 0. The lowest BCUT2D eigenvalue weighted by atomic mass is 10.3. The van der Waals surface area contributed by atoms with Crippen molar-refractivity contribution < 1.29 is 14.3 Å². The Morgan fingerprint density at radius 1 is 1.29 bits per heavy atom. The van der Waals surface area contributed by atoms with Gasteiger partial charge in [-0.3, -0.25) is 0 Å². The zero-order valence-corrected chi connectivity index (χ0v) is 12.6. The van der Waals surface area contributed by atoms with Crippen molar-refractivity contribution in [3.05, 3.63) is 12.2 Å². The van der Waals surface area contributed by atoms with Gasteiger partial charge >= 0.3 is 5.97 Å². The van der Waals surface area contributed by atoms with Gasteiger partial charge in [-0.05, 0) is 13.3 Å². The fourth-order valence-corrected chi connectivity index (χ4v) is 3.79. The normalized spacial score (nSPS) is 12.2. The molecule has 3 nitrogen and oxygen atoms in total. The average molecular weight is 258 g/mol. The van der Waals surface area contributed by atoms with E-state index in [9.17, 15) is 4.79 Å². The molecule has 0 aliphatic rings. The molecule has 1 atom stereocenters. The highest BCUT2D eigenvalue weighted by molar-refractivity contribution is 6.58.